The van der Waals surface area contributed by atoms with Crippen molar-refractivity contribution in [3.05, 3.63) is 12.3 Å². The molecule has 1 aromatic heterocycles. The normalized spacial score (nSPS) is 14.1. The first-order valence-corrected chi connectivity index (χ1v) is 6.38. The standard InChI is InChI=1S/C12H19N5O/c1-2-13-12-16-6-5-10(17-12)14-7-8-15-11(18)9-3-4-9/h5-6,9H,2-4,7-8H2,1H3,(H,15,18)(H2,13,14,16,17). The Morgan fingerprint density at radius 1 is 1.39 bits per heavy atom. The quantitative estimate of drug-likeness (QED) is 0.624. The van der Waals surface area contributed by atoms with Gasteiger partial charge in [-0.3, -0.25) is 4.79 Å². The molecule has 0 spiro atoms. The summed E-state index contributed by atoms with van der Waals surface area (Å²) in [5, 5.41) is 9.09. The van der Waals surface area contributed by atoms with Crippen molar-refractivity contribution in [2.75, 3.05) is 30.3 Å². The highest BCUT2D eigenvalue weighted by atomic mass is 16.2. The minimum Gasteiger partial charge on any atom is -0.368 e. The maximum Gasteiger partial charge on any atom is 0.224 e. The van der Waals surface area contributed by atoms with Crippen LogP contribution >= 0.6 is 0 Å². The molecule has 1 saturated carbocycles. The zero-order valence-electron chi connectivity index (χ0n) is 10.6. The number of nitrogens with one attached hydrogen (secondary N) is 3. The minimum atomic E-state index is 0.174. The molecule has 98 valence electrons. The molecule has 0 radical (unpaired) electrons. The lowest BCUT2D eigenvalue weighted by molar-refractivity contribution is -0.122. The molecule has 1 aromatic rings. The van der Waals surface area contributed by atoms with Crippen LogP contribution in [-0.4, -0.2) is 35.5 Å². The van der Waals surface area contributed by atoms with Crippen molar-refractivity contribution in [2.24, 2.45) is 5.92 Å². The lowest BCUT2D eigenvalue weighted by Gasteiger charge is -2.08. The highest BCUT2D eigenvalue weighted by molar-refractivity contribution is 5.80. The van der Waals surface area contributed by atoms with Gasteiger partial charge in [0, 0.05) is 31.7 Å². The lowest BCUT2D eigenvalue weighted by atomic mass is 10.4. The summed E-state index contributed by atoms with van der Waals surface area (Å²) in [6, 6.07) is 1.81. The molecule has 0 saturated heterocycles. The summed E-state index contributed by atoms with van der Waals surface area (Å²) < 4.78 is 0. The van der Waals surface area contributed by atoms with Gasteiger partial charge in [-0.15, -0.1) is 0 Å². The zero-order chi connectivity index (χ0) is 12.8. The Morgan fingerprint density at radius 3 is 2.94 bits per heavy atom. The van der Waals surface area contributed by atoms with Crippen LogP contribution in [0.15, 0.2) is 12.3 Å². The summed E-state index contributed by atoms with van der Waals surface area (Å²) >= 11 is 0. The number of hydrogen-bond donors (Lipinski definition) is 3. The molecule has 0 unspecified atom stereocenters. The number of carbonyl (C=O) groups excluding carboxylic acids is 1. The molecule has 6 nitrogen and oxygen atoms in total. The third-order valence-electron chi connectivity index (χ3n) is 2.67. The Bertz CT molecular complexity index is 405. The monoisotopic (exact) mass is 249 g/mol. The molecule has 3 N–H and O–H groups in total. The Labute approximate surface area is 107 Å². The van der Waals surface area contributed by atoms with Gasteiger partial charge in [-0.1, -0.05) is 0 Å². The van der Waals surface area contributed by atoms with Crippen LogP contribution in [0, 0.1) is 5.92 Å². The van der Waals surface area contributed by atoms with Crippen molar-refractivity contribution in [3.8, 4) is 0 Å². The molecule has 0 aromatic carbocycles. The van der Waals surface area contributed by atoms with Crippen LogP contribution in [0.3, 0.4) is 0 Å². The van der Waals surface area contributed by atoms with Gasteiger partial charge in [0.1, 0.15) is 5.82 Å². The second-order valence-corrected chi connectivity index (χ2v) is 4.29. The third kappa shape index (κ3) is 3.87. The first kappa shape index (κ1) is 12.6. The Kier molecular flexibility index (Phi) is 4.33. The molecule has 1 fully saturated rings. The first-order valence-electron chi connectivity index (χ1n) is 6.38. The van der Waals surface area contributed by atoms with E-state index in [0.717, 1.165) is 25.2 Å². The van der Waals surface area contributed by atoms with Gasteiger partial charge in [-0.25, -0.2) is 4.98 Å². The van der Waals surface area contributed by atoms with Gasteiger partial charge in [0.15, 0.2) is 0 Å². The number of nitrogens with zero attached hydrogens (tertiary/aromatic N) is 2. The summed E-state index contributed by atoms with van der Waals surface area (Å²) in [6.07, 6.45) is 3.78. The number of anilines is 2. The third-order valence-corrected chi connectivity index (χ3v) is 2.67. The van der Waals surface area contributed by atoms with Crippen LogP contribution in [0.1, 0.15) is 19.8 Å². The lowest BCUT2D eigenvalue weighted by Crippen LogP contribution is -2.29. The maximum absolute atomic E-state index is 11.4. The van der Waals surface area contributed by atoms with Crippen molar-refractivity contribution < 1.29 is 4.79 Å². The fraction of sp³-hybridized carbons (Fsp3) is 0.583. The van der Waals surface area contributed by atoms with E-state index in [2.05, 4.69) is 25.9 Å². The van der Waals surface area contributed by atoms with E-state index >= 15 is 0 Å². The van der Waals surface area contributed by atoms with Gasteiger partial charge in [0.25, 0.3) is 0 Å². The fourth-order valence-electron chi connectivity index (χ4n) is 1.57. The van der Waals surface area contributed by atoms with Crippen molar-refractivity contribution in [3.63, 3.8) is 0 Å². The average Bonchev–Trinajstić information content (AvgIpc) is 3.19. The molecule has 0 atom stereocenters. The van der Waals surface area contributed by atoms with Gasteiger partial charge in [0.05, 0.1) is 0 Å². The van der Waals surface area contributed by atoms with Crippen LogP contribution in [0.2, 0.25) is 0 Å². The molecular weight excluding hydrogens is 230 g/mol. The van der Waals surface area contributed by atoms with E-state index in [4.69, 9.17) is 0 Å². The topological polar surface area (TPSA) is 78.9 Å². The minimum absolute atomic E-state index is 0.174. The summed E-state index contributed by atoms with van der Waals surface area (Å²) in [6.45, 7) is 4.08. The van der Waals surface area contributed by atoms with Crippen LogP contribution in [0.4, 0.5) is 11.8 Å². The predicted octanol–water partition coefficient (Wildman–Crippen LogP) is 0.846. The summed E-state index contributed by atoms with van der Waals surface area (Å²) in [5.74, 6) is 1.82. The SMILES string of the molecule is CCNc1nccc(NCCNC(=O)C2CC2)n1. The molecule has 2 rings (SSSR count). The molecule has 1 aliphatic rings. The van der Waals surface area contributed by atoms with Gasteiger partial charge < -0.3 is 16.0 Å². The van der Waals surface area contributed by atoms with Crippen molar-refractivity contribution in [2.45, 2.75) is 19.8 Å². The van der Waals surface area contributed by atoms with Crippen LogP contribution < -0.4 is 16.0 Å². The Balaban J connectivity index is 1.68. The van der Waals surface area contributed by atoms with Gasteiger partial charge >= 0.3 is 0 Å². The van der Waals surface area contributed by atoms with E-state index < -0.39 is 0 Å². The van der Waals surface area contributed by atoms with Crippen molar-refractivity contribution in [1.82, 2.24) is 15.3 Å². The van der Waals surface area contributed by atoms with E-state index in [0.29, 0.717) is 19.0 Å². The maximum atomic E-state index is 11.4. The summed E-state index contributed by atoms with van der Waals surface area (Å²) in [4.78, 5) is 19.7. The zero-order valence-corrected chi connectivity index (χ0v) is 10.6. The van der Waals surface area contributed by atoms with E-state index in [1.807, 2.05) is 13.0 Å². The second kappa shape index (κ2) is 6.18. The fourth-order valence-corrected chi connectivity index (χ4v) is 1.57. The summed E-state index contributed by atoms with van der Waals surface area (Å²) in [5.41, 5.74) is 0. The number of carbonyl (C=O) groups is 1. The Morgan fingerprint density at radius 2 is 2.22 bits per heavy atom. The molecule has 6 heteroatoms. The van der Waals surface area contributed by atoms with Crippen LogP contribution in [0.25, 0.3) is 0 Å². The van der Waals surface area contributed by atoms with Gasteiger partial charge in [0.2, 0.25) is 11.9 Å². The molecule has 1 heterocycles. The smallest absolute Gasteiger partial charge is 0.224 e. The van der Waals surface area contributed by atoms with Crippen molar-refractivity contribution >= 4 is 17.7 Å². The number of rotatable bonds is 7. The largest absolute Gasteiger partial charge is 0.368 e. The second-order valence-electron chi connectivity index (χ2n) is 4.29. The average molecular weight is 249 g/mol. The van der Waals surface area contributed by atoms with E-state index in [9.17, 15) is 4.79 Å². The van der Waals surface area contributed by atoms with Gasteiger partial charge in [-0.05, 0) is 25.8 Å². The molecule has 18 heavy (non-hydrogen) atoms. The molecular formula is C12H19N5O. The molecule has 0 aliphatic heterocycles. The van der Waals surface area contributed by atoms with Crippen molar-refractivity contribution in [1.29, 1.82) is 0 Å². The van der Waals surface area contributed by atoms with Crippen LogP contribution in [0.5, 0.6) is 0 Å². The van der Waals surface area contributed by atoms with E-state index in [-0.39, 0.29) is 11.8 Å². The van der Waals surface area contributed by atoms with Gasteiger partial charge in [-0.2, -0.15) is 4.98 Å². The van der Waals surface area contributed by atoms with E-state index in [1.165, 1.54) is 0 Å². The highest BCUT2D eigenvalue weighted by Crippen LogP contribution is 2.28. The van der Waals surface area contributed by atoms with E-state index in [1.54, 1.807) is 6.20 Å². The number of hydrogen-bond acceptors (Lipinski definition) is 5. The van der Waals surface area contributed by atoms with Crippen LogP contribution in [-0.2, 0) is 4.79 Å². The molecule has 1 aliphatic carbocycles. The highest BCUT2D eigenvalue weighted by Gasteiger charge is 2.28. The molecule has 0 bridgehead atoms. The molecule has 1 amide bonds. The Hall–Kier alpha value is -1.85. The number of aromatic nitrogens is 2. The summed E-state index contributed by atoms with van der Waals surface area (Å²) in [7, 11) is 0. The first-order chi connectivity index (χ1) is 8.79. The predicted molar refractivity (Wildman–Crippen MR) is 70.4 cm³/mol. The number of amides is 1.